The van der Waals surface area contributed by atoms with Gasteiger partial charge in [0.15, 0.2) is 0 Å². The molecule has 0 N–H and O–H groups in total. The maximum atomic E-state index is 2.76. The fourth-order valence-corrected chi connectivity index (χ4v) is 8.99. The van der Waals surface area contributed by atoms with Crippen LogP contribution in [-0.2, 0) is 0 Å². The quantitative estimate of drug-likeness (QED) is 0.392. The molecule has 3 fully saturated rings. The monoisotopic (exact) mass is 398 g/mol. The molecule has 0 nitrogen and oxygen atoms in total. The third kappa shape index (κ3) is 3.78. The number of hydrogen-bond donors (Lipinski definition) is 0. The van der Waals surface area contributed by atoms with Crippen LogP contribution in [0.4, 0.5) is 0 Å². The smallest absolute Gasteiger partial charge is 0.0166 e. The van der Waals surface area contributed by atoms with E-state index in [2.05, 4.69) is 53.7 Å². The third-order valence-electron chi connectivity index (χ3n) is 11.2. The van der Waals surface area contributed by atoms with Gasteiger partial charge in [0, 0.05) is 0 Å². The van der Waals surface area contributed by atoms with Crippen LogP contribution in [-0.4, -0.2) is 0 Å². The van der Waals surface area contributed by atoms with E-state index in [9.17, 15) is 0 Å². The van der Waals surface area contributed by atoms with E-state index in [1.807, 2.05) is 0 Å². The lowest BCUT2D eigenvalue weighted by molar-refractivity contribution is -0.0701. The second kappa shape index (κ2) is 8.35. The highest BCUT2D eigenvalue weighted by molar-refractivity contribution is 5.18. The summed E-state index contributed by atoms with van der Waals surface area (Å²) in [6.45, 7) is 15.3. The molecule has 3 saturated carbocycles. The van der Waals surface area contributed by atoms with E-state index in [0.717, 1.165) is 47.3 Å². The summed E-state index contributed by atoms with van der Waals surface area (Å²) in [5.74, 6) is 7.47. The number of rotatable bonds is 6. The molecular weight excluding hydrogens is 348 g/mol. The first-order valence-corrected chi connectivity index (χ1v) is 13.5. The van der Waals surface area contributed by atoms with E-state index in [-0.39, 0.29) is 0 Å². The SMILES string of the molecule is CCC(C)CCC[C@@H](C)C1CCC2C3C=C[C@H]4C[C@@H](C)CC[C@]4(C)C3CC[C@@]21C. The van der Waals surface area contributed by atoms with E-state index >= 15 is 0 Å². The average Bonchev–Trinajstić information content (AvgIpc) is 3.05. The molecule has 10 atom stereocenters. The zero-order chi connectivity index (χ0) is 20.8. The van der Waals surface area contributed by atoms with Crippen LogP contribution < -0.4 is 0 Å². The fraction of sp³-hybridized carbons (Fsp3) is 0.931. The molecule has 0 aliphatic heterocycles. The van der Waals surface area contributed by atoms with Crippen molar-refractivity contribution in [2.75, 3.05) is 0 Å². The summed E-state index contributed by atoms with van der Waals surface area (Å²) in [4.78, 5) is 0. The van der Waals surface area contributed by atoms with Crippen molar-refractivity contribution in [3.05, 3.63) is 12.2 Å². The van der Waals surface area contributed by atoms with Gasteiger partial charge in [0.2, 0.25) is 0 Å². The molecule has 0 bridgehead atoms. The normalized spacial score (nSPS) is 48.5. The van der Waals surface area contributed by atoms with Crippen LogP contribution in [0, 0.1) is 58.2 Å². The lowest BCUT2D eigenvalue weighted by Gasteiger charge is -2.59. The van der Waals surface area contributed by atoms with Crippen molar-refractivity contribution in [1.82, 2.24) is 0 Å². The highest BCUT2D eigenvalue weighted by atomic mass is 14.6. The lowest BCUT2D eigenvalue weighted by Crippen LogP contribution is -2.51. The summed E-state index contributed by atoms with van der Waals surface area (Å²) in [5, 5.41) is 0. The molecule has 0 heterocycles. The fourth-order valence-electron chi connectivity index (χ4n) is 8.99. The molecule has 0 radical (unpaired) electrons. The highest BCUT2D eigenvalue weighted by Gasteiger charge is 2.59. The molecule has 4 rings (SSSR count). The van der Waals surface area contributed by atoms with Gasteiger partial charge in [-0.1, -0.05) is 85.8 Å². The van der Waals surface area contributed by atoms with E-state index in [0.29, 0.717) is 10.8 Å². The van der Waals surface area contributed by atoms with Crippen LogP contribution in [0.2, 0.25) is 0 Å². The van der Waals surface area contributed by atoms with Crippen LogP contribution in [0.15, 0.2) is 12.2 Å². The van der Waals surface area contributed by atoms with Gasteiger partial charge in [0.1, 0.15) is 0 Å². The van der Waals surface area contributed by atoms with Crippen molar-refractivity contribution >= 4 is 0 Å². The minimum absolute atomic E-state index is 0.604. The molecule has 4 aliphatic carbocycles. The molecule has 29 heavy (non-hydrogen) atoms. The van der Waals surface area contributed by atoms with Gasteiger partial charge in [0.25, 0.3) is 0 Å². The molecule has 0 aromatic carbocycles. The molecule has 0 aromatic rings. The van der Waals surface area contributed by atoms with E-state index < -0.39 is 0 Å². The van der Waals surface area contributed by atoms with Crippen molar-refractivity contribution < 1.29 is 0 Å². The summed E-state index contributed by atoms with van der Waals surface area (Å²) in [6.07, 6.45) is 21.7. The Morgan fingerprint density at radius 2 is 1.62 bits per heavy atom. The van der Waals surface area contributed by atoms with Gasteiger partial charge in [-0.15, -0.1) is 0 Å². The largest absolute Gasteiger partial charge is 0.0846 e. The summed E-state index contributed by atoms with van der Waals surface area (Å²) >= 11 is 0. The van der Waals surface area contributed by atoms with Crippen LogP contribution in [0.1, 0.15) is 112 Å². The number of fused-ring (bicyclic) bond motifs is 5. The van der Waals surface area contributed by atoms with Crippen molar-refractivity contribution in [2.24, 2.45) is 58.2 Å². The Hall–Kier alpha value is -0.260. The van der Waals surface area contributed by atoms with Crippen LogP contribution >= 0.6 is 0 Å². The Kier molecular flexibility index (Phi) is 6.32. The molecule has 0 saturated heterocycles. The van der Waals surface area contributed by atoms with Gasteiger partial charge >= 0.3 is 0 Å². The second-order valence-electron chi connectivity index (χ2n) is 12.8. The minimum Gasteiger partial charge on any atom is -0.0846 e. The van der Waals surface area contributed by atoms with Crippen molar-refractivity contribution in [2.45, 2.75) is 112 Å². The highest BCUT2D eigenvalue weighted by Crippen LogP contribution is 2.67. The molecule has 0 heteroatoms. The number of allylic oxidation sites excluding steroid dienone is 2. The summed E-state index contributed by atoms with van der Waals surface area (Å²) in [7, 11) is 0. The molecular formula is C29H50. The topological polar surface area (TPSA) is 0 Å². The molecule has 4 aliphatic rings. The standard InChI is InChI=1S/C29H50/c1-7-20(2)9-8-10-22(4)25-13-14-26-24-12-11-23-19-21(3)15-17-28(23,5)27(24)16-18-29(25,26)6/h11-12,20-27H,7-10,13-19H2,1-6H3/t20?,21-,22+,23-,24?,25?,26?,27?,28-,29+/m0/s1. The third-order valence-corrected chi connectivity index (χ3v) is 11.2. The molecule has 166 valence electrons. The van der Waals surface area contributed by atoms with Crippen molar-refractivity contribution in [3.8, 4) is 0 Å². The number of hydrogen-bond acceptors (Lipinski definition) is 0. The predicted molar refractivity (Wildman–Crippen MR) is 127 cm³/mol. The second-order valence-corrected chi connectivity index (χ2v) is 12.8. The first-order valence-electron chi connectivity index (χ1n) is 13.5. The van der Waals surface area contributed by atoms with E-state index in [1.165, 1.54) is 70.6 Å². The first-order chi connectivity index (χ1) is 13.8. The average molecular weight is 399 g/mol. The Morgan fingerprint density at radius 1 is 0.897 bits per heavy atom. The Morgan fingerprint density at radius 3 is 2.38 bits per heavy atom. The zero-order valence-corrected chi connectivity index (χ0v) is 20.6. The Bertz CT molecular complexity index is 589. The van der Waals surface area contributed by atoms with Crippen LogP contribution in [0.25, 0.3) is 0 Å². The summed E-state index contributed by atoms with van der Waals surface area (Å²) in [6, 6.07) is 0. The molecule has 5 unspecified atom stereocenters. The predicted octanol–water partition coefficient (Wildman–Crippen LogP) is 8.91. The van der Waals surface area contributed by atoms with Gasteiger partial charge in [-0.2, -0.15) is 0 Å². The zero-order valence-electron chi connectivity index (χ0n) is 20.6. The molecule has 0 aromatic heterocycles. The van der Waals surface area contributed by atoms with E-state index in [4.69, 9.17) is 0 Å². The van der Waals surface area contributed by atoms with Crippen molar-refractivity contribution in [3.63, 3.8) is 0 Å². The van der Waals surface area contributed by atoms with Gasteiger partial charge in [-0.3, -0.25) is 0 Å². The van der Waals surface area contributed by atoms with Gasteiger partial charge in [-0.05, 0) is 96.7 Å². The maximum absolute atomic E-state index is 2.76. The summed E-state index contributed by atoms with van der Waals surface area (Å²) < 4.78 is 0. The van der Waals surface area contributed by atoms with Crippen LogP contribution in [0.5, 0.6) is 0 Å². The summed E-state index contributed by atoms with van der Waals surface area (Å²) in [5.41, 5.74) is 1.22. The molecule has 0 amide bonds. The minimum atomic E-state index is 0.604. The van der Waals surface area contributed by atoms with Crippen LogP contribution in [0.3, 0.4) is 0 Å². The Balaban J connectivity index is 1.46. The van der Waals surface area contributed by atoms with Gasteiger partial charge in [0.05, 0.1) is 0 Å². The maximum Gasteiger partial charge on any atom is -0.0166 e. The van der Waals surface area contributed by atoms with Gasteiger partial charge < -0.3 is 0 Å². The first kappa shape index (κ1) is 22.0. The Labute approximate surface area is 182 Å². The van der Waals surface area contributed by atoms with Crippen molar-refractivity contribution in [1.29, 1.82) is 0 Å². The van der Waals surface area contributed by atoms with E-state index in [1.54, 1.807) is 0 Å². The van der Waals surface area contributed by atoms with Gasteiger partial charge in [-0.25, -0.2) is 0 Å². The lowest BCUT2D eigenvalue weighted by atomic mass is 9.46. The molecule has 0 spiro atoms.